The summed E-state index contributed by atoms with van der Waals surface area (Å²) in [7, 11) is 6.13. The van der Waals surface area contributed by atoms with Crippen LogP contribution in [0.3, 0.4) is 0 Å². The van der Waals surface area contributed by atoms with Crippen LogP contribution in [0, 0.1) is 11.8 Å². The highest BCUT2D eigenvalue weighted by molar-refractivity contribution is 5.62. The summed E-state index contributed by atoms with van der Waals surface area (Å²) >= 11 is 0. The van der Waals surface area contributed by atoms with Gasteiger partial charge in [0, 0.05) is 12.0 Å². The fourth-order valence-electron chi connectivity index (χ4n) is 3.59. The van der Waals surface area contributed by atoms with Crippen molar-refractivity contribution in [2.75, 3.05) is 34.5 Å². The van der Waals surface area contributed by atoms with Gasteiger partial charge in [-0.1, -0.05) is 24.1 Å². The van der Waals surface area contributed by atoms with Crippen molar-refractivity contribution >= 4 is 0 Å². The maximum absolute atomic E-state index is 5.75. The quantitative estimate of drug-likeness (QED) is 0.591. The van der Waals surface area contributed by atoms with Crippen molar-refractivity contribution < 1.29 is 18.7 Å². The lowest BCUT2D eigenvalue weighted by atomic mass is 9.89. The smallest absolute Gasteiger partial charge is 0.231 e. The summed E-state index contributed by atoms with van der Waals surface area (Å²) in [4.78, 5) is 0. The van der Waals surface area contributed by atoms with E-state index in [9.17, 15) is 0 Å². The van der Waals surface area contributed by atoms with Gasteiger partial charge in [-0.2, -0.15) is 0 Å². The molecule has 4 heteroatoms. The molecule has 0 aliphatic carbocycles. The molecule has 0 fully saturated rings. The Morgan fingerprint density at radius 3 is 2.72 bits per heavy atom. The van der Waals surface area contributed by atoms with Crippen LogP contribution in [0.15, 0.2) is 36.4 Å². The maximum Gasteiger partial charge on any atom is 0.231 e. The molecule has 2 aliphatic heterocycles. The van der Waals surface area contributed by atoms with Crippen molar-refractivity contribution in [2.45, 2.75) is 12.5 Å². The van der Waals surface area contributed by atoms with Crippen LogP contribution in [0.5, 0.6) is 17.2 Å². The second-order valence-corrected chi connectivity index (χ2v) is 7.01. The number of nitrogens with zero attached hydrogens (tertiary/aromatic N) is 1. The van der Waals surface area contributed by atoms with E-state index in [-0.39, 0.29) is 12.8 Å². The van der Waals surface area contributed by atoms with Crippen molar-refractivity contribution in [1.29, 1.82) is 0 Å². The Morgan fingerprint density at radius 2 is 1.96 bits per heavy atom. The van der Waals surface area contributed by atoms with Crippen LogP contribution in [0.2, 0.25) is 0 Å². The van der Waals surface area contributed by atoms with Crippen LogP contribution in [0.25, 0.3) is 0 Å². The molecular weight excluding hydrogens is 314 g/mol. The largest absolute Gasteiger partial charge is 0.492 e. The van der Waals surface area contributed by atoms with Crippen LogP contribution in [-0.4, -0.2) is 39.0 Å². The molecule has 0 N–H and O–H groups in total. The minimum Gasteiger partial charge on any atom is -0.492 e. The van der Waals surface area contributed by atoms with Gasteiger partial charge in [-0.25, -0.2) is 0 Å². The average Bonchev–Trinajstić information content (AvgIpc) is 3.08. The fraction of sp³-hybridized carbons (Fsp3) is 0.333. The molecular formula is C21H22NO3+. The zero-order chi connectivity index (χ0) is 17.4. The molecule has 4 rings (SSSR count). The van der Waals surface area contributed by atoms with E-state index in [4.69, 9.17) is 14.2 Å². The van der Waals surface area contributed by atoms with Gasteiger partial charge < -0.3 is 18.7 Å². The molecule has 2 heterocycles. The first kappa shape index (κ1) is 15.9. The molecule has 0 aromatic heterocycles. The zero-order valence-electron chi connectivity index (χ0n) is 14.8. The third-order valence-corrected chi connectivity index (χ3v) is 5.00. The Balaban J connectivity index is 1.86. The monoisotopic (exact) mass is 336 g/mol. The number of rotatable bonds is 1. The number of methoxy groups -OCH3 is 1. The SMILES string of the molecule is COc1c2c(cc3c1C(C#Cc1ccccc1)[N+](C)(C)CC3)OCO2. The molecule has 2 aromatic rings. The van der Waals surface area contributed by atoms with Crippen LogP contribution in [0.1, 0.15) is 22.7 Å². The van der Waals surface area contributed by atoms with E-state index in [0.717, 1.165) is 40.1 Å². The molecule has 25 heavy (non-hydrogen) atoms. The third kappa shape index (κ3) is 2.71. The van der Waals surface area contributed by atoms with Gasteiger partial charge in [-0.15, -0.1) is 0 Å². The second-order valence-electron chi connectivity index (χ2n) is 7.01. The Morgan fingerprint density at radius 1 is 1.16 bits per heavy atom. The predicted molar refractivity (Wildman–Crippen MR) is 95.9 cm³/mol. The fourth-order valence-corrected chi connectivity index (χ4v) is 3.59. The molecule has 1 unspecified atom stereocenters. The summed E-state index contributed by atoms with van der Waals surface area (Å²) in [6, 6.07) is 12.2. The summed E-state index contributed by atoms with van der Waals surface area (Å²) < 4.78 is 17.8. The Labute approximate surface area is 148 Å². The molecule has 0 radical (unpaired) electrons. The Kier molecular flexibility index (Phi) is 3.82. The summed E-state index contributed by atoms with van der Waals surface area (Å²) in [5, 5.41) is 0. The van der Waals surface area contributed by atoms with Gasteiger partial charge in [0.15, 0.2) is 17.5 Å². The Bertz CT molecular complexity index is 862. The number of fused-ring (bicyclic) bond motifs is 2. The number of benzene rings is 2. The molecule has 0 bridgehead atoms. The van der Waals surface area contributed by atoms with Crippen molar-refractivity contribution in [3.05, 3.63) is 53.1 Å². The molecule has 4 nitrogen and oxygen atoms in total. The Hall–Kier alpha value is -2.64. The maximum atomic E-state index is 5.75. The summed E-state index contributed by atoms with van der Waals surface area (Å²) in [6.07, 6.45) is 0.971. The summed E-state index contributed by atoms with van der Waals surface area (Å²) in [6.45, 7) is 1.26. The van der Waals surface area contributed by atoms with Crippen LogP contribution >= 0.6 is 0 Å². The highest BCUT2D eigenvalue weighted by Gasteiger charge is 2.40. The minimum absolute atomic E-state index is 0.0217. The number of ether oxygens (including phenoxy) is 3. The number of likely N-dealkylation sites (N-methyl/N-ethyl adjacent to an activating group) is 1. The topological polar surface area (TPSA) is 27.7 Å². The average molecular weight is 336 g/mol. The van der Waals surface area contributed by atoms with Crippen LogP contribution < -0.4 is 14.2 Å². The minimum atomic E-state index is 0.0217. The van der Waals surface area contributed by atoms with Crippen molar-refractivity contribution in [2.24, 2.45) is 0 Å². The van der Waals surface area contributed by atoms with E-state index >= 15 is 0 Å². The van der Waals surface area contributed by atoms with Gasteiger partial charge in [-0.05, 0) is 29.7 Å². The van der Waals surface area contributed by atoms with Crippen LogP contribution in [-0.2, 0) is 6.42 Å². The van der Waals surface area contributed by atoms with Gasteiger partial charge in [0.1, 0.15) is 0 Å². The van der Waals surface area contributed by atoms with E-state index < -0.39 is 0 Å². The highest BCUT2D eigenvalue weighted by atomic mass is 16.7. The molecule has 0 spiro atoms. The molecule has 1 atom stereocenters. The first-order valence-electron chi connectivity index (χ1n) is 8.49. The molecule has 128 valence electrons. The van der Waals surface area contributed by atoms with Gasteiger partial charge >= 0.3 is 0 Å². The lowest BCUT2D eigenvalue weighted by molar-refractivity contribution is -0.914. The van der Waals surface area contributed by atoms with Crippen molar-refractivity contribution in [3.63, 3.8) is 0 Å². The standard InChI is InChI=1S/C21H22NO3/c1-22(2)12-11-16-13-18-20(25-14-24-18)21(23-3)19(16)17(22)10-9-15-7-5-4-6-8-15/h4-8,13,17H,11-12,14H2,1-3H3/q+1. The van der Waals surface area contributed by atoms with Gasteiger partial charge in [0.2, 0.25) is 12.5 Å². The van der Waals surface area contributed by atoms with Crippen molar-refractivity contribution in [1.82, 2.24) is 0 Å². The molecule has 2 aliphatic rings. The molecule has 0 amide bonds. The van der Waals surface area contributed by atoms with E-state index in [1.165, 1.54) is 5.56 Å². The van der Waals surface area contributed by atoms with E-state index in [1.54, 1.807) is 7.11 Å². The zero-order valence-corrected chi connectivity index (χ0v) is 14.8. The number of hydrogen-bond acceptors (Lipinski definition) is 3. The van der Waals surface area contributed by atoms with Gasteiger partial charge in [-0.3, -0.25) is 0 Å². The third-order valence-electron chi connectivity index (χ3n) is 5.00. The van der Waals surface area contributed by atoms with E-state index in [0.29, 0.717) is 5.75 Å². The molecule has 0 saturated heterocycles. The summed E-state index contributed by atoms with van der Waals surface area (Å²) in [5.41, 5.74) is 3.40. The second kappa shape index (κ2) is 6.02. The number of hydrogen-bond donors (Lipinski definition) is 0. The van der Waals surface area contributed by atoms with E-state index in [1.807, 2.05) is 30.3 Å². The van der Waals surface area contributed by atoms with Gasteiger partial charge in [0.05, 0.1) is 33.3 Å². The van der Waals surface area contributed by atoms with E-state index in [2.05, 4.69) is 32.0 Å². The van der Waals surface area contributed by atoms with Crippen LogP contribution in [0.4, 0.5) is 0 Å². The molecule has 0 saturated carbocycles. The van der Waals surface area contributed by atoms with Crippen molar-refractivity contribution in [3.8, 4) is 29.1 Å². The first-order chi connectivity index (χ1) is 12.1. The lowest BCUT2D eigenvalue weighted by Gasteiger charge is -2.40. The predicted octanol–water partition coefficient (Wildman–Crippen LogP) is 3.15. The summed E-state index contributed by atoms with van der Waals surface area (Å²) in [5.74, 6) is 9.08. The number of quaternary nitrogens is 1. The lowest BCUT2D eigenvalue weighted by Crippen LogP contribution is -2.47. The first-order valence-corrected chi connectivity index (χ1v) is 8.49. The normalized spacial score (nSPS) is 19.6. The van der Waals surface area contributed by atoms with Gasteiger partial charge in [0.25, 0.3) is 0 Å². The highest BCUT2D eigenvalue weighted by Crippen LogP contribution is 2.50. The molecule has 2 aromatic carbocycles.